The Hall–Kier alpha value is -2.89. The number of rotatable bonds is 4. The summed E-state index contributed by atoms with van der Waals surface area (Å²) in [7, 11) is 0. The summed E-state index contributed by atoms with van der Waals surface area (Å²) in [5.41, 5.74) is 2.07. The standard InChI is InChI=1S/C16H15N3O3/c20-14-6-2-1-5-12(14)13-8-15(22-19-13)16(21)18-10-11-4-3-7-17-9-11/h1-7,9,15,20H,8,10H2,(H,18,21)/t15-/m0/s1. The average molecular weight is 297 g/mol. The van der Waals surface area contributed by atoms with Gasteiger partial charge < -0.3 is 15.3 Å². The van der Waals surface area contributed by atoms with Crippen molar-refractivity contribution in [2.24, 2.45) is 5.16 Å². The summed E-state index contributed by atoms with van der Waals surface area (Å²) in [6, 6.07) is 10.5. The van der Waals surface area contributed by atoms with Crippen molar-refractivity contribution in [3.63, 3.8) is 0 Å². The van der Waals surface area contributed by atoms with Gasteiger partial charge in [-0.2, -0.15) is 0 Å². The van der Waals surface area contributed by atoms with Gasteiger partial charge in [-0.25, -0.2) is 0 Å². The fraction of sp³-hybridized carbons (Fsp3) is 0.188. The van der Waals surface area contributed by atoms with Gasteiger partial charge in [-0.1, -0.05) is 23.4 Å². The monoisotopic (exact) mass is 297 g/mol. The number of carbonyl (C=O) groups excluding carboxylic acids is 1. The SMILES string of the molecule is O=C(NCc1cccnc1)[C@@H]1CC(c2ccccc2O)=NO1. The molecule has 2 aromatic rings. The summed E-state index contributed by atoms with van der Waals surface area (Å²) in [6.07, 6.45) is 3.03. The van der Waals surface area contributed by atoms with Crippen molar-refractivity contribution in [2.75, 3.05) is 0 Å². The first kappa shape index (κ1) is 14.1. The molecule has 1 aromatic carbocycles. The highest BCUT2D eigenvalue weighted by atomic mass is 16.6. The Labute approximate surface area is 127 Å². The first-order valence-corrected chi connectivity index (χ1v) is 6.91. The summed E-state index contributed by atoms with van der Waals surface area (Å²) < 4.78 is 0. The minimum Gasteiger partial charge on any atom is -0.507 e. The molecular weight excluding hydrogens is 282 g/mol. The van der Waals surface area contributed by atoms with Crippen LogP contribution in [-0.2, 0) is 16.2 Å². The molecule has 1 aromatic heterocycles. The predicted octanol–water partition coefficient (Wildman–Crippen LogP) is 1.60. The summed E-state index contributed by atoms with van der Waals surface area (Å²) >= 11 is 0. The molecule has 112 valence electrons. The minimum atomic E-state index is -0.675. The molecule has 0 spiro atoms. The van der Waals surface area contributed by atoms with E-state index in [1.807, 2.05) is 12.1 Å². The highest BCUT2D eigenvalue weighted by Gasteiger charge is 2.29. The number of aromatic nitrogens is 1. The summed E-state index contributed by atoms with van der Waals surface area (Å²) in [4.78, 5) is 21.3. The number of oxime groups is 1. The summed E-state index contributed by atoms with van der Waals surface area (Å²) in [6.45, 7) is 0.387. The van der Waals surface area contributed by atoms with Gasteiger partial charge in [0.15, 0.2) is 0 Å². The predicted molar refractivity (Wildman–Crippen MR) is 80.2 cm³/mol. The van der Waals surface area contributed by atoms with Gasteiger partial charge in [0, 0.05) is 30.9 Å². The van der Waals surface area contributed by atoms with Crippen LogP contribution in [0.2, 0.25) is 0 Å². The molecule has 0 aliphatic carbocycles. The van der Waals surface area contributed by atoms with E-state index in [0.29, 0.717) is 24.2 Å². The van der Waals surface area contributed by atoms with E-state index in [4.69, 9.17) is 4.84 Å². The van der Waals surface area contributed by atoms with Crippen molar-refractivity contribution < 1.29 is 14.7 Å². The van der Waals surface area contributed by atoms with Gasteiger partial charge in [0.05, 0.1) is 5.71 Å². The van der Waals surface area contributed by atoms with Gasteiger partial charge in [0.1, 0.15) is 5.75 Å². The number of para-hydroxylation sites is 1. The number of nitrogens with one attached hydrogen (secondary N) is 1. The second-order valence-corrected chi connectivity index (χ2v) is 4.93. The van der Waals surface area contributed by atoms with E-state index in [1.165, 1.54) is 0 Å². The Morgan fingerprint density at radius 3 is 2.95 bits per heavy atom. The van der Waals surface area contributed by atoms with Crippen LogP contribution in [0.4, 0.5) is 0 Å². The second-order valence-electron chi connectivity index (χ2n) is 4.93. The number of amides is 1. The smallest absolute Gasteiger partial charge is 0.264 e. The van der Waals surface area contributed by atoms with Gasteiger partial charge in [-0.05, 0) is 23.8 Å². The third-order valence-electron chi connectivity index (χ3n) is 3.37. The molecule has 22 heavy (non-hydrogen) atoms. The lowest BCUT2D eigenvalue weighted by Gasteiger charge is -2.09. The van der Waals surface area contributed by atoms with E-state index >= 15 is 0 Å². The summed E-state index contributed by atoms with van der Waals surface area (Å²) in [5.74, 6) is -0.112. The lowest BCUT2D eigenvalue weighted by atomic mass is 10.0. The Bertz CT molecular complexity index is 701. The zero-order valence-electron chi connectivity index (χ0n) is 11.8. The number of pyridine rings is 1. The molecule has 2 N–H and O–H groups in total. The van der Waals surface area contributed by atoms with Crippen molar-refractivity contribution in [2.45, 2.75) is 19.1 Å². The van der Waals surface area contributed by atoms with Crippen LogP contribution in [0.1, 0.15) is 17.5 Å². The number of aromatic hydroxyl groups is 1. The van der Waals surface area contributed by atoms with Crippen LogP contribution in [0.15, 0.2) is 53.9 Å². The molecule has 6 heteroatoms. The van der Waals surface area contributed by atoms with E-state index in [2.05, 4.69) is 15.5 Å². The topological polar surface area (TPSA) is 83.8 Å². The normalized spacial score (nSPS) is 16.7. The van der Waals surface area contributed by atoms with Crippen molar-refractivity contribution in [1.82, 2.24) is 10.3 Å². The van der Waals surface area contributed by atoms with E-state index in [0.717, 1.165) is 5.56 Å². The fourth-order valence-electron chi connectivity index (χ4n) is 2.20. The van der Waals surface area contributed by atoms with Gasteiger partial charge in [-0.15, -0.1) is 0 Å². The zero-order valence-corrected chi connectivity index (χ0v) is 11.8. The van der Waals surface area contributed by atoms with Gasteiger partial charge in [0.25, 0.3) is 5.91 Å². The Balaban J connectivity index is 1.57. The maximum Gasteiger partial charge on any atom is 0.264 e. The first-order valence-electron chi connectivity index (χ1n) is 6.91. The van der Waals surface area contributed by atoms with Gasteiger partial charge in [0.2, 0.25) is 6.10 Å². The molecule has 1 amide bonds. The fourth-order valence-corrected chi connectivity index (χ4v) is 2.20. The molecule has 1 aliphatic rings. The van der Waals surface area contributed by atoms with Crippen LogP contribution < -0.4 is 5.32 Å². The quantitative estimate of drug-likeness (QED) is 0.897. The van der Waals surface area contributed by atoms with Crippen LogP contribution in [0.25, 0.3) is 0 Å². The Morgan fingerprint density at radius 2 is 2.18 bits per heavy atom. The molecule has 0 bridgehead atoms. The van der Waals surface area contributed by atoms with Crippen LogP contribution in [0.5, 0.6) is 5.75 Å². The van der Waals surface area contributed by atoms with Crippen molar-refractivity contribution in [3.8, 4) is 5.75 Å². The molecule has 2 heterocycles. The van der Waals surface area contributed by atoms with E-state index in [-0.39, 0.29) is 11.7 Å². The van der Waals surface area contributed by atoms with E-state index in [1.54, 1.807) is 36.7 Å². The molecule has 1 atom stereocenters. The second kappa shape index (κ2) is 6.26. The van der Waals surface area contributed by atoms with Crippen LogP contribution in [0.3, 0.4) is 0 Å². The number of carbonyl (C=O) groups is 1. The third-order valence-corrected chi connectivity index (χ3v) is 3.37. The summed E-state index contributed by atoms with van der Waals surface area (Å²) in [5, 5.41) is 16.5. The molecule has 0 saturated heterocycles. The van der Waals surface area contributed by atoms with E-state index < -0.39 is 6.10 Å². The Kier molecular flexibility index (Phi) is 4.00. The molecule has 6 nitrogen and oxygen atoms in total. The molecule has 0 saturated carbocycles. The molecule has 0 radical (unpaired) electrons. The maximum atomic E-state index is 12.1. The highest BCUT2D eigenvalue weighted by molar-refractivity contribution is 6.05. The number of phenols is 1. The number of benzene rings is 1. The third kappa shape index (κ3) is 3.06. The number of hydrogen-bond donors (Lipinski definition) is 2. The molecule has 1 aliphatic heterocycles. The molecule has 0 unspecified atom stereocenters. The number of phenolic OH excluding ortho intramolecular Hbond substituents is 1. The minimum absolute atomic E-state index is 0.126. The van der Waals surface area contributed by atoms with Crippen molar-refractivity contribution >= 4 is 11.6 Å². The molecule has 3 rings (SSSR count). The molecule has 0 fully saturated rings. The lowest BCUT2D eigenvalue weighted by Crippen LogP contribution is -2.34. The van der Waals surface area contributed by atoms with Crippen LogP contribution in [0, 0.1) is 0 Å². The number of nitrogens with zero attached hydrogens (tertiary/aromatic N) is 2. The molecular formula is C16H15N3O3. The first-order chi connectivity index (χ1) is 10.7. The van der Waals surface area contributed by atoms with Crippen molar-refractivity contribution in [1.29, 1.82) is 0 Å². The Morgan fingerprint density at radius 1 is 1.32 bits per heavy atom. The highest BCUT2D eigenvalue weighted by Crippen LogP contribution is 2.23. The van der Waals surface area contributed by atoms with Gasteiger partial charge in [-0.3, -0.25) is 9.78 Å². The maximum absolute atomic E-state index is 12.1. The lowest BCUT2D eigenvalue weighted by molar-refractivity contribution is -0.131. The van der Waals surface area contributed by atoms with Crippen LogP contribution >= 0.6 is 0 Å². The van der Waals surface area contributed by atoms with E-state index in [9.17, 15) is 9.90 Å². The van der Waals surface area contributed by atoms with Gasteiger partial charge >= 0.3 is 0 Å². The zero-order chi connectivity index (χ0) is 15.4. The number of hydrogen-bond acceptors (Lipinski definition) is 5. The van der Waals surface area contributed by atoms with Crippen LogP contribution in [-0.4, -0.2) is 27.8 Å². The van der Waals surface area contributed by atoms with Crippen molar-refractivity contribution in [3.05, 3.63) is 59.9 Å². The largest absolute Gasteiger partial charge is 0.507 e. The average Bonchev–Trinajstić information content (AvgIpc) is 3.04.